The summed E-state index contributed by atoms with van der Waals surface area (Å²) in [5.41, 5.74) is 1.19. The molecule has 1 atom stereocenters. The highest BCUT2D eigenvalue weighted by Gasteiger charge is 2.45. The topological polar surface area (TPSA) is 20.3 Å². The van der Waals surface area contributed by atoms with E-state index in [2.05, 4.69) is 54.3 Å². The largest absolute Gasteiger partial charge is 0.339 e. The first-order valence-corrected chi connectivity index (χ1v) is 10.3. The predicted molar refractivity (Wildman–Crippen MR) is 104 cm³/mol. The fraction of sp³-hybridized carbons (Fsp3) is 0.609. The summed E-state index contributed by atoms with van der Waals surface area (Å²) in [7, 11) is 0. The third kappa shape index (κ3) is 4.34. The number of unbranched alkanes of at least 4 members (excludes halogenated alkanes) is 1. The molecule has 2 nitrogen and oxygen atoms in total. The Bertz CT molecular complexity index is 573. The van der Waals surface area contributed by atoms with Crippen molar-refractivity contribution in [2.75, 3.05) is 6.54 Å². The molecule has 2 fully saturated rings. The molecule has 0 aromatic heterocycles. The lowest BCUT2D eigenvalue weighted by Gasteiger charge is -2.32. The van der Waals surface area contributed by atoms with Crippen LogP contribution in [-0.4, -0.2) is 23.4 Å². The van der Waals surface area contributed by atoms with Crippen molar-refractivity contribution in [2.24, 2.45) is 5.41 Å². The summed E-state index contributed by atoms with van der Waals surface area (Å²) in [6, 6.07) is 11.2. The molecule has 1 saturated carbocycles. The van der Waals surface area contributed by atoms with E-state index in [4.69, 9.17) is 0 Å². The second-order valence-corrected chi connectivity index (χ2v) is 7.83. The molecule has 1 saturated heterocycles. The second-order valence-electron chi connectivity index (χ2n) is 7.83. The minimum atomic E-state index is -0.218. The Morgan fingerprint density at radius 3 is 2.64 bits per heavy atom. The van der Waals surface area contributed by atoms with Gasteiger partial charge >= 0.3 is 0 Å². The van der Waals surface area contributed by atoms with Crippen LogP contribution < -0.4 is 0 Å². The highest BCUT2D eigenvalue weighted by molar-refractivity contribution is 5.87. The standard InChI is InChI=1S/C23H33NO/c1-2-23(17-11-5-8-14-20-12-6-3-7-13-20)18-19-24(22(23)25)21-15-9-4-10-16-21/h3,6-7,11-13,17,21H,2,4-5,8-10,14-16,18-19H2,1H3/b17-11+/t23-/m1/s1. The summed E-state index contributed by atoms with van der Waals surface area (Å²) in [6.07, 6.45) is 16.2. The monoisotopic (exact) mass is 339 g/mol. The van der Waals surface area contributed by atoms with E-state index in [0.29, 0.717) is 11.9 Å². The molecule has 1 heterocycles. The third-order valence-corrected chi connectivity index (χ3v) is 6.25. The van der Waals surface area contributed by atoms with E-state index in [1.165, 1.54) is 37.7 Å². The molecule has 0 N–H and O–H groups in total. The molecule has 0 radical (unpaired) electrons. The van der Waals surface area contributed by atoms with Crippen LogP contribution in [0.25, 0.3) is 0 Å². The zero-order chi connectivity index (χ0) is 17.5. The van der Waals surface area contributed by atoms with Gasteiger partial charge in [0.15, 0.2) is 0 Å². The molecule has 0 unspecified atom stereocenters. The van der Waals surface area contributed by atoms with Crippen LogP contribution in [0.4, 0.5) is 0 Å². The van der Waals surface area contributed by atoms with Crippen LogP contribution in [0.3, 0.4) is 0 Å². The Hall–Kier alpha value is -1.57. The van der Waals surface area contributed by atoms with Gasteiger partial charge in [-0.3, -0.25) is 4.79 Å². The first-order valence-electron chi connectivity index (χ1n) is 10.3. The van der Waals surface area contributed by atoms with E-state index in [0.717, 1.165) is 38.6 Å². The van der Waals surface area contributed by atoms with E-state index < -0.39 is 0 Å². The normalized spacial score (nSPS) is 25.2. The highest BCUT2D eigenvalue weighted by Crippen LogP contribution is 2.40. The Morgan fingerprint density at radius 2 is 1.92 bits per heavy atom. The maximum absolute atomic E-state index is 13.1. The number of aryl methyl sites for hydroxylation is 1. The average molecular weight is 340 g/mol. The van der Waals surface area contributed by atoms with Gasteiger partial charge in [0.25, 0.3) is 0 Å². The maximum Gasteiger partial charge on any atom is 0.232 e. The fourth-order valence-electron chi connectivity index (χ4n) is 4.53. The fourth-order valence-corrected chi connectivity index (χ4v) is 4.53. The average Bonchev–Trinajstić information content (AvgIpc) is 3.00. The first kappa shape index (κ1) is 18.2. The maximum atomic E-state index is 13.1. The van der Waals surface area contributed by atoms with Crippen LogP contribution in [0.5, 0.6) is 0 Å². The number of amides is 1. The molecule has 25 heavy (non-hydrogen) atoms. The number of likely N-dealkylation sites (tertiary alicyclic amines) is 1. The van der Waals surface area contributed by atoms with Crippen molar-refractivity contribution in [1.82, 2.24) is 4.90 Å². The quantitative estimate of drug-likeness (QED) is 0.472. The lowest BCUT2D eigenvalue weighted by Crippen LogP contribution is -2.41. The van der Waals surface area contributed by atoms with Gasteiger partial charge in [0, 0.05) is 12.6 Å². The predicted octanol–water partition coefficient (Wildman–Crippen LogP) is 5.53. The van der Waals surface area contributed by atoms with Gasteiger partial charge in [-0.2, -0.15) is 0 Å². The van der Waals surface area contributed by atoms with Crippen molar-refractivity contribution in [2.45, 2.75) is 77.2 Å². The first-order chi connectivity index (χ1) is 12.2. The Labute approximate surface area is 153 Å². The van der Waals surface area contributed by atoms with Crippen LogP contribution in [0.2, 0.25) is 0 Å². The van der Waals surface area contributed by atoms with E-state index in [-0.39, 0.29) is 5.41 Å². The number of benzene rings is 1. The lowest BCUT2D eigenvalue weighted by atomic mass is 9.82. The Balaban J connectivity index is 1.53. The molecule has 2 heteroatoms. The van der Waals surface area contributed by atoms with Crippen molar-refractivity contribution < 1.29 is 4.79 Å². The van der Waals surface area contributed by atoms with Crippen LogP contribution in [0.1, 0.15) is 70.3 Å². The van der Waals surface area contributed by atoms with E-state index >= 15 is 0 Å². The third-order valence-electron chi connectivity index (χ3n) is 6.25. The molecule has 1 aromatic rings. The van der Waals surface area contributed by atoms with Gasteiger partial charge in [-0.15, -0.1) is 0 Å². The summed E-state index contributed by atoms with van der Waals surface area (Å²) < 4.78 is 0. The minimum absolute atomic E-state index is 0.218. The highest BCUT2D eigenvalue weighted by atomic mass is 16.2. The summed E-state index contributed by atoms with van der Waals surface area (Å²) in [5, 5.41) is 0. The number of hydrogen-bond acceptors (Lipinski definition) is 1. The summed E-state index contributed by atoms with van der Waals surface area (Å²) in [6.45, 7) is 3.14. The number of hydrogen-bond donors (Lipinski definition) is 0. The van der Waals surface area contributed by atoms with Crippen LogP contribution >= 0.6 is 0 Å². The Morgan fingerprint density at radius 1 is 1.16 bits per heavy atom. The van der Waals surface area contributed by atoms with E-state index in [1.54, 1.807) is 0 Å². The van der Waals surface area contributed by atoms with Gasteiger partial charge in [0.05, 0.1) is 5.41 Å². The summed E-state index contributed by atoms with van der Waals surface area (Å²) in [4.78, 5) is 15.3. The number of rotatable bonds is 7. The van der Waals surface area contributed by atoms with E-state index in [9.17, 15) is 4.79 Å². The van der Waals surface area contributed by atoms with Crippen LogP contribution in [0.15, 0.2) is 42.5 Å². The van der Waals surface area contributed by atoms with Gasteiger partial charge in [0.2, 0.25) is 5.91 Å². The molecule has 3 rings (SSSR count). The molecule has 136 valence electrons. The Kier molecular flexibility index (Phi) is 6.34. The molecular formula is C23H33NO. The molecule has 1 aliphatic carbocycles. The zero-order valence-corrected chi connectivity index (χ0v) is 15.8. The zero-order valence-electron chi connectivity index (χ0n) is 15.8. The molecule has 2 aliphatic rings. The van der Waals surface area contributed by atoms with Gasteiger partial charge < -0.3 is 4.90 Å². The number of carbonyl (C=O) groups excluding carboxylic acids is 1. The van der Waals surface area contributed by atoms with Crippen molar-refractivity contribution in [1.29, 1.82) is 0 Å². The minimum Gasteiger partial charge on any atom is -0.339 e. The number of allylic oxidation sites excluding steroid dienone is 1. The second kappa shape index (κ2) is 8.69. The van der Waals surface area contributed by atoms with Crippen molar-refractivity contribution in [3.8, 4) is 0 Å². The van der Waals surface area contributed by atoms with Gasteiger partial charge in [-0.25, -0.2) is 0 Å². The molecule has 1 aromatic carbocycles. The number of nitrogens with zero attached hydrogens (tertiary/aromatic N) is 1. The molecule has 0 spiro atoms. The van der Waals surface area contributed by atoms with Crippen molar-refractivity contribution in [3.63, 3.8) is 0 Å². The SMILES string of the molecule is CC[C@@]1(/C=C/CCCc2ccccc2)CCN(C2CCCCC2)C1=O. The molecule has 1 amide bonds. The van der Waals surface area contributed by atoms with E-state index in [1.807, 2.05) is 0 Å². The molecular weight excluding hydrogens is 306 g/mol. The van der Waals surface area contributed by atoms with Crippen LogP contribution in [-0.2, 0) is 11.2 Å². The summed E-state index contributed by atoms with van der Waals surface area (Å²) >= 11 is 0. The lowest BCUT2D eigenvalue weighted by molar-refractivity contribution is -0.136. The van der Waals surface area contributed by atoms with Gasteiger partial charge in [-0.05, 0) is 50.5 Å². The smallest absolute Gasteiger partial charge is 0.232 e. The number of carbonyl (C=O) groups is 1. The van der Waals surface area contributed by atoms with Gasteiger partial charge in [0.1, 0.15) is 0 Å². The van der Waals surface area contributed by atoms with Crippen LogP contribution in [0, 0.1) is 5.41 Å². The molecule has 1 aliphatic heterocycles. The van der Waals surface area contributed by atoms with Gasteiger partial charge in [-0.1, -0.05) is 68.7 Å². The van der Waals surface area contributed by atoms with Crippen molar-refractivity contribution >= 4 is 5.91 Å². The molecule has 0 bridgehead atoms. The van der Waals surface area contributed by atoms with Crippen molar-refractivity contribution in [3.05, 3.63) is 48.0 Å². The summed E-state index contributed by atoms with van der Waals surface area (Å²) in [5.74, 6) is 0.404.